The van der Waals surface area contributed by atoms with E-state index in [0.717, 1.165) is 57.3 Å². The van der Waals surface area contributed by atoms with Gasteiger partial charge in [-0.05, 0) is 98.2 Å². The van der Waals surface area contributed by atoms with E-state index < -0.39 is 0 Å². The molecular weight excluding hydrogens is 480 g/mol. The van der Waals surface area contributed by atoms with Gasteiger partial charge in [-0.15, -0.1) is 0 Å². The fourth-order valence-corrected chi connectivity index (χ4v) is 5.85. The normalized spacial score (nSPS) is 25.1. The summed E-state index contributed by atoms with van der Waals surface area (Å²) in [6.07, 6.45) is 9.26. The van der Waals surface area contributed by atoms with E-state index in [1.165, 1.54) is 16.7 Å². The molecule has 0 saturated carbocycles. The Morgan fingerprint density at radius 1 is 1.06 bits per heavy atom. The Balaban J connectivity index is 0.00000167. The first-order chi connectivity index (χ1) is 16.9. The number of halogens is 3. The molecule has 0 aliphatic carbocycles. The molecule has 0 amide bonds. The fourth-order valence-electron chi connectivity index (χ4n) is 5.31. The topological polar surface area (TPSA) is 12.5 Å². The van der Waals surface area contributed by atoms with Gasteiger partial charge in [0.1, 0.15) is 11.9 Å². The van der Waals surface area contributed by atoms with E-state index in [9.17, 15) is 4.39 Å². The van der Waals surface area contributed by atoms with Crippen LogP contribution in [0.25, 0.3) is 0 Å². The zero-order valence-corrected chi connectivity index (χ0v) is 22.9. The van der Waals surface area contributed by atoms with Gasteiger partial charge in [0.2, 0.25) is 0 Å². The molecule has 4 rings (SSSR count). The number of allylic oxidation sites excluding steroid dienone is 2. The van der Waals surface area contributed by atoms with Crippen molar-refractivity contribution in [2.75, 3.05) is 19.6 Å². The zero-order chi connectivity index (χ0) is 25.4. The van der Waals surface area contributed by atoms with Crippen molar-refractivity contribution in [3.63, 3.8) is 0 Å². The Hall–Kier alpha value is -1.65. The van der Waals surface area contributed by atoms with E-state index >= 15 is 0 Å². The predicted molar refractivity (Wildman–Crippen MR) is 147 cm³/mol. The zero-order valence-electron chi connectivity index (χ0n) is 21.4. The maximum atomic E-state index is 13.2. The molecule has 2 atom stereocenters. The first kappa shape index (κ1) is 27.9. The van der Waals surface area contributed by atoms with E-state index in [4.69, 9.17) is 27.9 Å². The Labute approximate surface area is 220 Å². The average molecular weight is 519 g/mol. The SMILES string of the molecule is C/C=C1\C(=C/CC)C(c2cc(Cl)cc(Cl)c2)OC12CCCN(CCc1ccc(F)cc1)CC2.CC. The fraction of sp³-hybridized carbons (Fsp3) is 0.467. The van der Waals surface area contributed by atoms with Crippen molar-refractivity contribution in [3.05, 3.63) is 92.8 Å². The number of likely N-dealkylation sites (tertiary alicyclic amines) is 1. The van der Waals surface area contributed by atoms with Crippen molar-refractivity contribution in [2.24, 2.45) is 0 Å². The van der Waals surface area contributed by atoms with Crippen LogP contribution in [-0.2, 0) is 11.2 Å². The second kappa shape index (κ2) is 13.1. The highest BCUT2D eigenvalue weighted by atomic mass is 35.5. The van der Waals surface area contributed by atoms with Gasteiger partial charge in [-0.25, -0.2) is 4.39 Å². The number of nitrogens with zero attached hydrogens (tertiary/aromatic N) is 1. The van der Waals surface area contributed by atoms with Crippen LogP contribution in [0, 0.1) is 5.82 Å². The molecule has 0 bridgehead atoms. The summed E-state index contributed by atoms with van der Waals surface area (Å²) in [5.74, 6) is -0.181. The Kier molecular flexibility index (Phi) is 10.4. The van der Waals surface area contributed by atoms with E-state index in [0.29, 0.717) is 10.0 Å². The minimum atomic E-state index is -0.292. The standard InChI is InChI=1S/C28H32Cl2FNO.C2H6/c1-3-6-25-26(4-2)28(33-27(25)21-17-22(29)19-23(30)18-21)12-5-14-32(16-13-28)15-11-20-7-9-24(31)10-8-20;1-2/h4,6-10,17-19,27H,3,5,11-16H2,1-2H3;1-2H3/b25-6+,26-4+;. The summed E-state index contributed by atoms with van der Waals surface area (Å²) in [6, 6.07) is 12.6. The lowest BCUT2D eigenvalue weighted by molar-refractivity contribution is -0.0319. The summed E-state index contributed by atoms with van der Waals surface area (Å²) < 4.78 is 20.1. The van der Waals surface area contributed by atoms with Crippen molar-refractivity contribution in [3.8, 4) is 0 Å². The summed E-state index contributed by atoms with van der Waals surface area (Å²) >= 11 is 12.7. The summed E-state index contributed by atoms with van der Waals surface area (Å²) in [7, 11) is 0. The molecule has 1 spiro atoms. The Morgan fingerprint density at radius 2 is 1.74 bits per heavy atom. The van der Waals surface area contributed by atoms with E-state index in [2.05, 4.69) is 30.9 Å². The molecule has 0 N–H and O–H groups in total. The molecule has 2 heterocycles. The average Bonchev–Trinajstić information content (AvgIpc) is 3.00. The van der Waals surface area contributed by atoms with Crippen LogP contribution in [0.2, 0.25) is 10.0 Å². The quantitative estimate of drug-likeness (QED) is 0.392. The van der Waals surface area contributed by atoms with Gasteiger partial charge in [0, 0.05) is 23.1 Å². The van der Waals surface area contributed by atoms with Crippen molar-refractivity contribution < 1.29 is 9.13 Å². The largest absolute Gasteiger partial charge is 0.358 e. The Bertz CT molecular complexity index is 1010. The molecule has 2 aromatic rings. The third-order valence-electron chi connectivity index (χ3n) is 6.84. The van der Waals surface area contributed by atoms with E-state index in [-0.39, 0.29) is 17.5 Å². The smallest absolute Gasteiger partial charge is 0.123 e. The van der Waals surface area contributed by atoms with Gasteiger partial charge in [-0.1, -0.05) is 68.3 Å². The van der Waals surface area contributed by atoms with Crippen molar-refractivity contribution in [1.82, 2.24) is 4.90 Å². The monoisotopic (exact) mass is 517 g/mol. The van der Waals surface area contributed by atoms with Crippen LogP contribution in [-0.4, -0.2) is 30.1 Å². The van der Waals surface area contributed by atoms with Gasteiger partial charge in [-0.3, -0.25) is 0 Å². The Morgan fingerprint density at radius 3 is 2.37 bits per heavy atom. The lowest BCUT2D eigenvalue weighted by Gasteiger charge is -2.29. The summed E-state index contributed by atoms with van der Waals surface area (Å²) in [4.78, 5) is 2.52. The third kappa shape index (κ3) is 6.77. The highest BCUT2D eigenvalue weighted by Crippen LogP contribution is 2.52. The molecule has 2 aromatic carbocycles. The van der Waals surface area contributed by atoms with E-state index in [1.807, 2.05) is 38.1 Å². The molecule has 2 fully saturated rings. The molecule has 2 aliphatic rings. The predicted octanol–water partition coefficient (Wildman–Crippen LogP) is 8.98. The van der Waals surface area contributed by atoms with Crippen LogP contribution in [0.3, 0.4) is 0 Å². The van der Waals surface area contributed by atoms with Gasteiger partial charge < -0.3 is 9.64 Å². The lowest BCUT2D eigenvalue weighted by Crippen LogP contribution is -2.33. The highest BCUT2D eigenvalue weighted by molar-refractivity contribution is 6.34. The number of ether oxygens (including phenoxy) is 1. The number of hydrogen-bond acceptors (Lipinski definition) is 2. The van der Waals surface area contributed by atoms with Gasteiger partial charge in [0.25, 0.3) is 0 Å². The first-order valence-electron chi connectivity index (χ1n) is 12.9. The van der Waals surface area contributed by atoms with E-state index in [1.54, 1.807) is 18.2 Å². The van der Waals surface area contributed by atoms with Crippen molar-refractivity contribution >= 4 is 23.2 Å². The number of rotatable bonds is 5. The van der Waals surface area contributed by atoms with Crippen molar-refractivity contribution in [1.29, 1.82) is 0 Å². The number of hydrogen-bond donors (Lipinski definition) is 0. The summed E-state index contributed by atoms with van der Waals surface area (Å²) in [5, 5.41) is 1.26. The highest BCUT2D eigenvalue weighted by Gasteiger charge is 2.48. The molecule has 2 aliphatic heterocycles. The van der Waals surface area contributed by atoms with Crippen LogP contribution in [0.4, 0.5) is 4.39 Å². The molecule has 2 unspecified atom stereocenters. The second-order valence-corrected chi connectivity index (χ2v) is 9.91. The molecular formula is C30H38Cl2FNO. The minimum Gasteiger partial charge on any atom is -0.358 e. The van der Waals surface area contributed by atoms with Gasteiger partial charge in [0.05, 0.1) is 5.60 Å². The van der Waals surface area contributed by atoms with Crippen molar-refractivity contribution in [2.45, 2.75) is 71.5 Å². The first-order valence-corrected chi connectivity index (χ1v) is 13.7. The van der Waals surface area contributed by atoms with Gasteiger partial charge in [0.15, 0.2) is 0 Å². The molecule has 5 heteroatoms. The number of benzene rings is 2. The maximum Gasteiger partial charge on any atom is 0.123 e. The molecule has 2 nitrogen and oxygen atoms in total. The molecule has 2 saturated heterocycles. The van der Waals surface area contributed by atoms with Crippen LogP contribution in [0.15, 0.2) is 65.8 Å². The van der Waals surface area contributed by atoms with Gasteiger partial charge >= 0.3 is 0 Å². The van der Waals surface area contributed by atoms with Crippen LogP contribution < -0.4 is 0 Å². The molecule has 190 valence electrons. The minimum absolute atomic E-state index is 0.155. The molecule has 35 heavy (non-hydrogen) atoms. The molecule has 0 aromatic heterocycles. The maximum absolute atomic E-state index is 13.2. The molecule has 0 radical (unpaired) electrons. The van der Waals surface area contributed by atoms with Crippen LogP contribution >= 0.6 is 23.2 Å². The summed E-state index contributed by atoms with van der Waals surface area (Å²) in [6.45, 7) is 11.3. The summed E-state index contributed by atoms with van der Waals surface area (Å²) in [5.41, 5.74) is 4.46. The second-order valence-electron chi connectivity index (χ2n) is 9.04. The lowest BCUT2D eigenvalue weighted by atomic mass is 9.83. The van der Waals surface area contributed by atoms with Crippen LogP contribution in [0.5, 0.6) is 0 Å². The van der Waals surface area contributed by atoms with Crippen LogP contribution in [0.1, 0.15) is 70.6 Å². The third-order valence-corrected chi connectivity index (χ3v) is 7.28. The van der Waals surface area contributed by atoms with Gasteiger partial charge in [-0.2, -0.15) is 0 Å².